The fourth-order valence-electron chi connectivity index (χ4n) is 5.15. The Morgan fingerprint density at radius 1 is 0.868 bits per heavy atom. The van der Waals surface area contributed by atoms with Crippen molar-refractivity contribution >= 4 is 28.8 Å². The molecule has 2 heterocycles. The normalized spacial score (nSPS) is 19.3. The molecule has 1 amide bonds. The number of hydrogen-bond donors (Lipinski definition) is 1. The predicted octanol–water partition coefficient (Wildman–Crippen LogP) is 6.34. The molecule has 1 unspecified atom stereocenters. The van der Waals surface area contributed by atoms with Gasteiger partial charge in [-0.3, -0.25) is 14.5 Å². The quantitative estimate of drug-likeness (QED) is 0.228. The van der Waals surface area contributed by atoms with E-state index in [0.717, 1.165) is 24.3 Å². The van der Waals surface area contributed by atoms with Crippen LogP contribution in [-0.2, 0) is 9.59 Å². The largest absolute Gasteiger partial charge is 0.507 e. The van der Waals surface area contributed by atoms with Crippen molar-refractivity contribution in [2.75, 3.05) is 29.5 Å². The number of ketones is 1. The number of amides is 1. The second kappa shape index (κ2) is 11.1. The van der Waals surface area contributed by atoms with E-state index in [1.807, 2.05) is 54.6 Å². The molecule has 6 nitrogen and oxygen atoms in total. The minimum Gasteiger partial charge on any atom is -0.507 e. The second-order valence-electron chi connectivity index (χ2n) is 10.4. The summed E-state index contributed by atoms with van der Waals surface area (Å²) in [7, 11) is 0. The highest BCUT2D eigenvalue weighted by Crippen LogP contribution is 2.42. The average Bonchev–Trinajstić information content (AvgIpc) is 3.22. The van der Waals surface area contributed by atoms with Gasteiger partial charge in [-0.05, 0) is 79.3 Å². The molecule has 0 saturated carbocycles. The Labute approximate surface area is 224 Å². The van der Waals surface area contributed by atoms with Crippen molar-refractivity contribution in [3.63, 3.8) is 0 Å². The molecule has 5 rings (SSSR count). The Hall–Kier alpha value is -4.06. The lowest BCUT2D eigenvalue weighted by Crippen LogP contribution is -2.30. The first-order valence-corrected chi connectivity index (χ1v) is 13.4. The van der Waals surface area contributed by atoms with Crippen LogP contribution in [-0.4, -0.2) is 36.5 Å². The van der Waals surface area contributed by atoms with Crippen LogP contribution in [0.4, 0.5) is 11.4 Å². The molecule has 0 radical (unpaired) electrons. The summed E-state index contributed by atoms with van der Waals surface area (Å²) in [5.41, 5.74) is 3.03. The number of benzene rings is 3. The molecule has 3 aromatic carbocycles. The van der Waals surface area contributed by atoms with Gasteiger partial charge in [-0.15, -0.1) is 0 Å². The molecule has 1 atom stereocenters. The highest BCUT2D eigenvalue weighted by atomic mass is 16.5. The van der Waals surface area contributed by atoms with E-state index in [1.165, 1.54) is 24.2 Å². The van der Waals surface area contributed by atoms with E-state index >= 15 is 0 Å². The number of piperidine rings is 1. The number of Topliss-reactive ketones (excluding diaryl/α,β-unsaturated/α-hetero) is 1. The standard InChI is InChI=1S/C32H34N2O4/c1-22(2)21-38-27-17-11-24(12-18-27)30(35)28-29(23-9-5-3-6-10-23)34(32(37)31(28)36)26-15-13-25(14-16-26)33-19-7-4-8-20-33/h3,5-6,9-18,22,29,35H,4,7-8,19-21H2,1-2H3/b30-28+. The molecular formula is C32H34N2O4. The fourth-order valence-corrected chi connectivity index (χ4v) is 5.15. The summed E-state index contributed by atoms with van der Waals surface area (Å²) in [6.07, 6.45) is 3.61. The number of nitrogens with zero attached hydrogens (tertiary/aromatic N) is 2. The molecule has 2 aliphatic heterocycles. The van der Waals surface area contributed by atoms with Crippen LogP contribution in [0, 0.1) is 5.92 Å². The summed E-state index contributed by atoms with van der Waals surface area (Å²) in [4.78, 5) is 30.7. The van der Waals surface area contributed by atoms with Crippen LogP contribution in [0.3, 0.4) is 0 Å². The zero-order valence-corrected chi connectivity index (χ0v) is 22.0. The summed E-state index contributed by atoms with van der Waals surface area (Å²) < 4.78 is 5.75. The van der Waals surface area contributed by atoms with Gasteiger partial charge in [0.05, 0.1) is 18.2 Å². The smallest absolute Gasteiger partial charge is 0.300 e. The summed E-state index contributed by atoms with van der Waals surface area (Å²) >= 11 is 0. The number of aliphatic hydroxyl groups is 1. The first kappa shape index (κ1) is 25.6. The lowest BCUT2D eigenvalue weighted by atomic mass is 9.95. The van der Waals surface area contributed by atoms with Gasteiger partial charge in [-0.2, -0.15) is 0 Å². The van der Waals surface area contributed by atoms with Crippen LogP contribution in [0.15, 0.2) is 84.4 Å². The first-order chi connectivity index (χ1) is 18.4. The minimum absolute atomic E-state index is 0.0807. The van der Waals surface area contributed by atoms with E-state index < -0.39 is 17.7 Å². The van der Waals surface area contributed by atoms with Crippen molar-refractivity contribution in [3.05, 3.63) is 95.6 Å². The number of ether oxygens (including phenoxy) is 1. The molecule has 3 aromatic rings. The van der Waals surface area contributed by atoms with Gasteiger partial charge in [0.1, 0.15) is 11.5 Å². The van der Waals surface area contributed by atoms with Gasteiger partial charge in [0, 0.05) is 30.0 Å². The maximum absolute atomic E-state index is 13.4. The monoisotopic (exact) mass is 510 g/mol. The zero-order chi connectivity index (χ0) is 26.6. The maximum Gasteiger partial charge on any atom is 0.300 e. The van der Waals surface area contributed by atoms with E-state index in [-0.39, 0.29) is 11.3 Å². The van der Waals surface area contributed by atoms with E-state index in [0.29, 0.717) is 29.5 Å². The lowest BCUT2D eigenvalue weighted by molar-refractivity contribution is -0.132. The number of hydrogen-bond acceptors (Lipinski definition) is 5. The summed E-state index contributed by atoms with van der Waals surface area (Å²) in [5, 5.41) is 11.4. The first-order valence-electron chi connectivity index (χ1n) is 13.4. The third-order valence-corrected chi connectivity index (χ3v) is 7.12. The molecular weight excluding hydrogens is 476 g/mol. The van der Waals surface area contributed by atoms with Gasteiger partial charge in [-0.1, -0.05) is 44.2 Å². The number of anilines is 2. The van der Waals surface area contributed by atoms with E-state index in [2.05, 4.69) is 18.7 Å². The van der Waals surface area contributed by atoms with Crippen molar-refractivity contribution in [2.45, 2.75) is 39.2 Å². The molecule has 0 spiro atoms. The predicted molar refractivity (Wildman–Crippen MR) is 151 cm³/mol. The Bertz CT molecular complexity index is 1310. The molecule has 2 aliphatic rings. The number of carbonyl (C=O) groups is 2. The van der Waals surface area contributed by atoms with Gasteiger partial charge in [0.25, 0.3) is 11.7 Å². The molecule has 38 heavy (non-hydrogen) atoms. The fraction of sp³-hybridized carbons (Fsp3) is 0.312. The van der Waals surface area contributed by atoms with Crippen molar-refractivity contribution in [1.82, 2.24) is 0 Å². The van der Waals surface area contributed by atoms with Crippen LogP contribution < -0.4 is 14.5 Å². The summed E-state index contributed by atoms with van der Waals surface area (Å²) in [5.74, 6) is -0.470. The Morgan fingerprint density at radius 2 is 1.50 bits per heavy atom. The van der Waals surface area contributed by atoms with Gasteiger partial charge >= 0.3 is 0 Å². The molecule has 1 N–H and O–H groups in total. The highest BCUT2D eigenvalue weighted by Gasteiger charge is 2.46. The highest BCUT2D eigenvalue weighted by molar-refractivity contribution is 6.51. The molecule has 0 aromatic heterocycles. The zero-order valence-electron chi connectivity index (χ0n) is 22.0. The second-order valence-corrected chi connectivity index (χ2v) is 10.4. The minimum atomic E-state index is -0.742. The summed E-state index contributed by atoms with van der Waals surface area (Å²) in [6, 6.07) is 23.4. The third-order valence-electron chi connectivity index (χ3n) is 7.12. The van der Waals surface area contributed by atoms with Crippen LogP contribution in [0.2, 0.25) is 0 Å². The van der Waals surface area contributed by atoms with Gasteiger partial charge in [-0.25, -0.2) is 0 Å². The lowest BCUT2D eigenvalue weighted by Gasteiger charge is -2.30. The molecule has 2 saturated heterocycles. The number of aliphatic hydroxyl groups excluding tert-OH is 1. The molecule has 6 heteroatoms. The van der Waals surface area contributed by atoms with Gasteiger partial charge in [0.15, 0.2) is 0 Å². The Balaban J connectivity index is 1.52. The van der Waals surface area contributed by atoms with Gasteiger partial charge in [0.2, 0.25) is 0 Å². The summed E-state index contributed by atoms with van der Waals surface area (Å²) in [6.45, 7) is 6.78. The third kappa shape index (κ3) is 5.17. The van der Waals surface area contributed by atoms with E-state index in [9.17, 15) is 14.7 Å². The van der Waals surface area contributed by atoms with Gasteiger partial charge < -0.3 is 14.7 Å². The van der Waals surface area contributed by atoms with Crippen LogP contribution in [0.25, 0.3) is 5.76 Å². The molecule has 2 fully saturated rings. The number of carbonyl (C=O) groups excluding carboxylic acids is 2. The van der Waals surface area contributed by atoms with Crippen LogP contribution >= 0.6 is 0 Å². The van der Waals surface area contributed by atoms with Crippen molar-refractivity contribution in [3.8, 4) is 5.75 Å². The van der Waals surface area contributed by atoms with Crippen molar-refractivity contribution in [1.29, 1.82) is 0 Å². The van der Waals surface area contributed by atoms with E-state index in [1.54, 1.807) is 24.3 Å². The molecule has 0 aliphatic carbocycles. The molecule has 196 valence electrons. The number of rotatable bonds is 7. The Kier molecular flexibility index (Phi) is 7.50. The average molecular weight is 511 g/mol. The maximum atomic E-state index is 13.4. The Morgan fingerprint density at radius 3 is 2.13 bits per heavy atom. The van der Waals surface area contributed by atoms with Crippen LogP contribution in [0.5, 0.6) is 5.75 Å². The topological polar surface area (TPSA) is 70.1 Å². The van der Waals surface area contributed by atoms with Crippen LogP contribution in [0.1, 0.15) is 50.3 Å². The SMILES string of the molecule is CC(C)COc1ccc(/C(O)=C2\C(=O)C(=O)N(c3ccc(N4CCCCC4)cc3)C2c2ccccc2)cc1. The van der Waals surface area contributed by atoms with Crippen molar-refractivity contribution in [2.24, 2.45) is 5.92 Å². The van der Waals surface area contributed by atoms with E-state index in [4.69, 9.17) is 4.74 Å². The molecule has 0 bridgehead atoms. The van der Waals surface area contributed by atoms with Crippen molar-refractivity contribution < 1.29 is 19.4 Å².